The van der Waals surface area contributed by atoms with E-state index < -0.39 is 23.8 Å². The Morgan fingerprint density at radius 2 is 1.21 bits per heavy atom. The monoisotopic (exact) mass is 326 g/mol. The summed E-state index contributed by atoms with van der Waals surface area (Å²) in [5.74, 6) is -1.62. The van der Waals surface area contributed by atoms with Crippen LogP contribution in [0.1, 0.15) is 20.7 Å². The van der Waals surface area contributed by atoms with E-state index in [0.29, 0.717) is 0 Å². The van der Waals surface area contributed by atoms with Crippen LogP contribution < -0.4 is 0 Å². The molecule has 2 aliphatic heterocycles. The Hall–Kier alpha value is -3.28. The van der Waals surface area contributed by atoms with Crippen LogP contribution in [-0.2, 0) is 9.47 Å². The maximum atomic E-state index is 12.7. The van der Waals surface area contributed by atoms with Crippen LogP contribution in [0.3, 0.4) is 0 Å². The van der Waals surface area contributed by atoms with Crippen molar-refractivity contribution in [1.82, 2.24) is 0 Å². The van der Waals surface area contributed by atoms with Crippen LogP contribution in [0.5, 0.6) is 0 Å². The smallest absolute Gasteiger partial charge is 0.216 e. The van der Waals surface area contributed by atoms with Crippen molar-refractivity contribution >= 4 is 11.6 Å². The lowest BCUT2D eigenvalue weighted by Crippen LogP contribution is -2.31. The molecule has 3 rings (SSSR count). The van der Waals surface area contributed by atoms with Crippen LogP contribution in [0.15, 0.2) is 72.6 Å². The Morgan fingerprint density at radius 3 is 1.58 bits per heavy atom. The molecule has 0 bridgehead atoms. The maximum absolute atomic E-state index is 12.7. The van der Waals surface area contributed by atoms with Gasteiger partial charge in [0.2, 0.25) is 23.8 Å². The molecule has 0 fully saturated rings. The molecule has 2 N–H and O–H groups in total. The summed E-state index contributed by atoms with van der Waals surface area (Å²) in [5, 5.41) is 19.6. The Kier molecular flexibility index (Phi) is 4.20. The van der Waals surface area contributed by atoms with Gasteiger partial charge in [-0.05, 0) is 24.3 Å². The fraction of sp³-hybridized carbons (Fsp3) is 0.111. The number of carbonyl (C=O) groups is 2. The number of benzene rings is 1. The molecule has 2 unspecified atom stereocenters. The van der Waals surface area contributed by atoms with E-state index in [1.165, 1.54) is 49.0 Å². The van der Waals surface area contributed by atoms with Gasteiger partial charge in [-0.2, -0.15) is 0 Å². The van der Waals surface area contributed by atoms with E-state index in [1.807, 2.05) is 0 Å². The molecular weight excluding hydrogens is 312 g/mol. The van der Waals surface area contributed by atoms with Gasteiger partial charge >= 0.3 is 0 Å². The van der Waals surface area contributed by atoms with E-state index in [2.05, 4.69) is 0 Å². The molecule has 0 saturated carbocycles. The van der Waals surface area contributed by atoms with Gasteiger partial charge in [0.15, 0.2) is 0 Å². The number of carbonyl (C=O) groups excluding carboxylic acids is 2. The molecule has 122 valence electrons. The summed E-state index contributed by atoms with van der Waals surface area (Å²) in [7, 11) is 0. The molecule has 6 nitrogen and oxygen atoms in total. The van der Waals surface area contributed by atoms with Gasteiger partial charge in [0, 0.05) is 11.1 Å². The second-order valence-corrected chi connectivity index (χ2v) is 5.15. The van der Waals surface area contributed by atoms with Gasteiger partial charge in [-0.3, -0.25) is 9.59 Å². The third kappa shape index (κ3) is 2.81. The summed E-state index contributed by atoms with van der Waals surface area (Å²) in [6, 6.07) is 6.12. The van der Waals surface area contributed by atoms with E-state index in [0.717, 1.165) is 0 Å². The number of rotatable bonds is 4. The summed E-state index contributed by atoms with van der Waals surface area (Å²) in [4.78, 5) is 25.3. The van der Waals surface area contributed by atoms with Crippen LogP contribution in [0, 0.1) is 0 Å². The summed E-state index contributed by atoms with van der Waals surface area (Å²) >= 11 is 0. The molecule has 1 aromatic carbocycles. The second-order valence-electron chi connectivity index (χ2n) is 5.15. The molecule has 0 amide bonds. The molecule has 0 aromatic heterocycles. The third-order valence-corrected chi connectivity index (χ3v) is 3.59. The number of allylic oxidation sites excluding steroid dienone is 4. The molecular formula is C18H14O6. The number of Topliss-reactive ketones (excluding diaryl/α,β-unsaturated/α-hetero) is 2. The van der Waals surface area contributed by atoms with Crippen molar-refractivity contribution in [3.63, 3.8) is 0 Å². The molecule has 6 heteroatoms. The minimum Gasteiger partial charge on any atom is -0.508 e. The quantitative estimate of drug-likeness (QED) is 0.827. The number of hydrogen-bond acceptors (Lipinski definition) is 6. The minimum absolute atomic E-state index is 0.0775. The van der Waals surface area contributed by atoms with Crippen molar-refractivity contribution in [2.45, 2.75) is 12.2 Å². The second kappa shape index (κ2) is 6.45. The van der Waals surface area contributed by atoms with E-state index in [9.17, 15) is 19.8 Å². The molecule has 0 aliphatic carbocycles. The normalized spacial score (nSPS) is 22.0. The molecule has 2 aliphatic rings. The zero-order valence-electron chi connectivity index (χ0n) is 12.5. The van der Waals surface area contributed by atoms with Gasteiger partial charge in [0.25, 0.3) is 0 Å². The minimum atomic E-state index is -1.21. The van der Waals surface area contributed by atoms with Crippen molar-refractivity contribution in [2.75, 3.05) is 0 Å². The van der Waals surface area contributed by atoms with E-state index in [4.69, 9.17) is 9.47 Å². The third-order valence-electron chi connectivity index (χ3n) is 3.59. The highest BCUT2D eigenvalue weighted by molar-refractivity contribution is 6.13. The largest absolute Gasteiger partial charge is 0.508 e. The lowest BCUT2D eigenvalue weighted by Gasteiger charge is -2.21. The summed E-state index contributed by atoms with van der Waals surface area (Å²) in [6.45, 7) is 0. The van der Waals surface area contributed by atoms with Crippen LogP contribution in [0.4, 0.5) is 0 Å². The van der Waals surface area contributed by atoms with Crippen LogP contribution in [0.25, 0.3) is 0 Å². The SMILES string of the molecule is O=C(c1ccccc1C(=O)C1OC=CC=C1O)C1OC=CC=C1O. The lowest BCUT2D eigenvalue weighted by atomic mass is 9.93. The van der Waals surface area contributed by atoms with Gasteiger partial charge in [-0.25, -0.2) is 0 Å². The average molecular weight is 326 g/mol. The number of aliphatic hydroxyl groups excluding tert-OH is 2. The molecule has 1 aromatic rings. The first-order chi connectivity index (χ1) is 11.6. The van der Waals surface area contributed by atoms with Crippen molar-refractivity contribution in [2.24, 2.45) is 0 Å². The number of ketones is 2. The average Bonchev–Trinajstić information content (AvgIpc) is 2.61. The fourth-order valence-corrected chi connectivity index (χ4v) is 2.43. The fourth-order valence-electron chi connectivity index (χ4n) is 2.43. The maximum Gasteiger partial charge on any atom is 0.216 e. The predicted molar refractivity (Wildman–Crippen MR) is 84.6 cm³/mol. The molecule has 0 saturated heterocycles. The highest BCUT2D eigenvalue weighted by Gasteiger charge is 2.33. The molecule has 2 heterocycles. The van der Waals surface area contributed by atoms with Crippen LogP contribution >= 0.6 is 0 Å². The van der Waals surface area contributed by atoms with Gasteiger partial charge in [-0.1, -0.05) is 24.3 Å². The first kappa shape index (κ1) is 15.6. The van der Waals surface area contributed by atoms with E-state index in [-0.39, 0.29) is 22.6 Å². The van der Waals surface area contributed by atoms with Crippen molar-refractivity contribution in [3.8, 4) is 0 Å². The highest BCUT2D eigenvalue weighted by Crippen LogP contribution is 2.22. The van der Waals surface area contributed by atoms with Crippen molar-refractivity contribution < 1.29 is 29.3 Å². The predicted octanol–water partition coefficient (Wildman–Crippen LogP) is 2.76. The zero-order valence-corrected chi connectivity index (χ0v) is 12.5. The van der Waals surface area contributed by atoms with E-state index in [1.54, 1.807) is 12.1 Å². The van der Waals surface area contributed by atoms with Gasteiger partial charge in [0.05, 0.1) is 12.5 Å². The summed E-state index contributed by atoms with van der Waals surface area (Å²) in [6.07, 6.45) is 5.77. The number of ether oxygens (including phenoxy) is 2. The standard InChI is InChI=1S/C18H14O6/c19-13-7-3-9-23-17(13)15(21)11-5-1-2-6-12(11)16(22)18-14(20)8-4-10-24-18/h1-10,17-20H. The van der Waals surface area contributed by atoms with Gasteiger partial charge < -0.3 is 19.7 Å². The van der Waals surface area contributed by atoms with Crippen molar-refractivity contribution in [3.05, 3.63) is 83.7 Å². The zero-order chi connectivity index (χ0) is 17.1. The number of hydrogen-bond donors (Lipinski definition) is 2. The molecule has 0 radical (unpaired) electrons. The Labute approximate surface area is 137 Å². The molecule has 0 spiro atoms. The van der Waals surface area contributed by atoms with Crippen LogP contribution in [0.2, 0.25) is 0 Å². The highest BCUT2D eigenvalue weighted by atomic mass is 16.5. The first-order valence-corrected chi connectivity index (χ1v) is 7.19. The lowest BCUT2D eigenvalue weighted by molar-refractivity contribution is 0.0643. The Balaban J connectivity index is 1.94. The summed E-state index contributed by atoms with van der Waals surface area (Å²) in [5.41, 5.74) is 0.155. The van der Waals surface area contributed by atoms with Gasteiger partial charge in [0.1, 0.15) is 11.5 Å². The van der Waals surface area contributed by atoms with Crippen LogP contribution in [-0.4, -0.2) is 34.0 Å². The van der Waals surface area contributed by atoms with E-state index >= 15 is 0 Å². The molecule has 2 atom stereocenters. The van der Waals surface area contributed by atoms with Gasteiger partial charge in [-0.15, -0.1) is 0 Å². The summed E-state index contributed by atoms with van der Waals surface area (Å²) < 4.78 is 10.3. The van der Waals surface area contributed by atoms with Crippen molar-refractivity contribution in [1.29, 1.82) is 0 Å². The Bertz CT molecular complexity index is 732. The Morgan fingerprint density at radius 1 is 0.792 bits per heavy atom. The topological polar surface area (TPSA) is 93.1 Å². The first-order valence-electron chi connectivity index (χ1n) is 7.19. The molecule has 24 heavy (non-hydrogen) atoms. The number of aliphatic hydroxyl groups is 2.